The third kappa shape index (κ3) is 6.82. The van der Waals surface area contributed by atoms with E-state index in [0.29, 0.717) is 26.2 Å². The first-order valence-electron chi connectivity index (χ1n) is 14.7. The fourth-order valence-electron chi connectivity index (χ4n) is 6.36. The van der Waals surface area contributed by atoms with Gasteiger partial charge in [0.2, 0.25) is 11.8 Å². The maximum atomic E-state index is 12.1. The fourth-order valence-corrected chi connectivity index (χ4v) is 7.18. The van der Waals surface area contributed by atoms with Crippen LogP contribution >= 0.6 is 31.9 Å². The van der Waals surface area contributed by atoms with Crippen molar-refractivity contribution in [1.29, 1.82) is 0 Å². The van der Waals surface area contributed by atoms with Gasteiger partial charge in [-0.2, -0.15) is 0 Å². The summed E-state index contributed by atoms with van der Waals surface area (Å²) < 4.78 is 2.09. The van der Waals surface area contributed by atoms with E-state index in [-0.39, 0.29) is 23.7 Å². The Labute approximate surface area is 277 Å². The minimum absolute atomic E-state index is 0.00999. The van der Waals surface area contributed by atoms with Crippen LogP contribution in [0.15, 0.2) is 119 Å². The van der Waals surface area contributed by atoms with E-state index in [1.165, 1.54) is 56.7 Å². The summed E-state index contributed by atoms with van der Waals surface area (Å²) in [5.74, 6) is 0.400. The number of benzene rings is 4. The minimum Gasteiger partial charge on any atom is -0.334 e. The second kappa shape index (κ2) is 13.9. The largest absolute Gasteiger partial charge is 0.334 e. The Morgan fingerprint density at radius 3 is 1.39 bits per heavy atom. The van der Waals surface area contributed by atoms with Crippen LogP contribution in [0.3, 0.4) is 0 Å². The van der Waals surface area contributed by atoms with Crippen molar-refractivity contribution < 1.29 is 9.59 Å². The molecule has 0 unspecified atom stereocenters. The molecule has 0 radical (unpaired) electrons. The molecule has 2 amide bonds. The van der Waals surface area contributed by atoms with Crippen molar-refractivity contribution in [2.75, 3.05) is 13.1 Å². The number of hydrogen-bond donors (Lipinski definition) is 0. The number of rotatable bonds is 4. The summed E-state index contributed by atoms with van der Waals surface area (Å²) >= 11 is 7.06. The molecule has 0 saturated carbocycles. The molecule has 2 heterocycles. The molecule has 0 fully saturated rings. The molecule has 2 atom stereocenters. The van der Waals surface area contributed by atoms with Gasteiger partial charge in [0.05, 0.1) is 0 Å². The van der Waals surface area contributed by atoms with Crippen molar-refractivity contribution in [1.82, 2.24) is 9.80 Å². The summed E-state index contributed by atoms with van der Waals surface area (Å²) in [6, 6.07) is 29.5. The minimum atomic E-state index is -0.00999. The molecule has 0 bridgehead atoms. The molecule has 224 valence electrons. The summed E-state index contributed by atoms with van der Waals surface area (Å²) in [4.78, 5) is 28.0. The van der Waals surface area contributed by atoms with Gasteiger partial charge in [0.25, 0.3) is 0 Å². The maximum absolute atomic E-state index is 12.1. The summed E-state index contributed by atoms with van der Waals surface area (Å²) in [6.45, 7) is 14.2. The number of amides is 2. The number of carbonyl (C=O) groups is 2. The fraction of sp³-hybridized carbons (Fsp3) is 0.211. The molecule has 6 heteroatoms. The third-order valence-electron chi connectivity index (χ3n) is 8.59. The molecular formula is C38H36Br2N2O2. The van der Waals surface area contributed by atoms with Gasteiger partial charge in [0.15, 0.2) is 0 Å². The van der Waals surface area contributed by atoms with Gasteiger partial charge in [-0.25, -0.2) is 0 Å². The zero-order chi connectivity index (χ0) is 31.4. The molecule has 0 aliphatic carbocycles. The molecule has 2 aliphatic heterocycles. The molecular weight excluding hydrogens is 676 g/mol. The van der Waals surface area contributed by atoms with Gasteiger partial charge < -0.3 is 9.80 Å². The molecule has 4 aromatic carbocycles. The zero-order valence-electron chi connectivity index (χ0n) is 25.1. The summed E-state index contributed by atoms with van der Waals surface area (Å²) in [5, 5.41) is 0. The number of carbonyl (C=O) groups excluding carboxylic acids is 2. The molecule has 0 aromatic heterocycles. The Bertz CT molecular complexity index is 1600. The van der Waals surface area contributed by atoms with E-state index in [1.54, 1.807) is 0 Å². The van der Waals surface area contributed by atoms with Gasteiger partial charge >= 0.3 is 0 Å². The number of aryl methyl sites for hydroxylation is 2. The van der Waals surface area contributed by atoms with Crippen LogP contribution < -0.4 is 0 Å². The normalized spacial score (nSPS) is 17.0. The number of fused-ring (bicyclic) bond motifs is 2. The SMILES string of the molecule is C=CC(=O)N1Cc2cc(Br)ccc2[C@@H](c2ccccc2C)C1.C=CC(=O)N1Cc2cc(Br)ccc2[C@H](c2ccccc2C)C1. The van der Waals surface area contributed by atoms with Crippen molar-refractivity contribution in [3.05, 3.63) is 164 Å². The molecule has 4 nitrogen and oxygen atoms in total. The van der Waals surface area contributed by atoms with Crippen LogP contribution in [0.2, 0.25) is 0 Å². The van der Waals surface area contributed by atoms with Gasteiger partial charge in [0.1, 0.15) is 0 Å². The highest BCUT2D eigenvalue weighted by molar-refractivity contribution is 9.10. The summed E-state index contributed by atoms with van der Waals surface area (Å²) in [6.07, 6.45) is 2.80. The lowest BCUT2D eigenvalue weighted by atomic mass is 9.83. The average molecular weight is 713 g/mol. The van der Waals surface area contributed by atoms with Gasteiger partial charge in [-0.15, -0.1) is 0 Å². The molecule has 44 heavy (non-hydrogen) atoms. The van der Waals surface area contributed by atoms with Crippen LogP contribution in [0.4, 0.5) is 0 Å². The van der Waals surface area contributed by atoms with Crippen molar-refractivity contribution in [2.24, 2.45) is 0 Å². The quantitative estimate of drug-likeness (QED) is 0.199. The highest BCUT2D eigenvalue weighted by atomic mass is 79.9. The van der Waals surface area contributed by atoms with Gasteiger partial charge in [-0.1, -0.05) is 106 Å². The Hall–Kier alpha value is -3.74. The van der Waals surface area contributed by atoms with Gasteiger partial charge in [-0.05, 0) is 94.8 Å². The summed E-state index contributed by atoms with van der Waals surface area (Å²) in [7, 11) is 0. The first-order chi connectivity index (χ1) is 21.2. The number of nitrogens with zero attached hydrogens (tertiary/aromatic N) is 2. The Morgan fingerprint density at radius 1 is 0.636 bits per heavy atom. The van der Waals surface area contributed by atoms with E-state index in [9.17, 15) is 9.59 Å². The van der Waals surface area contributed by atoms with Crippen LogP contribution in [0, 0.1) is 13.8 Å². The zero-order valence-corrected chi connectivity index (χ0v) is 28.3. The first kappa shape index (κ1) is 31.7. The lowest BCUT2D eigenvalue weighted by molar-refractivity contribution is -0.127. The van der Waals surface area contributed by atoms with E-state index >= 15 is 0 Å². The monoisotopic (exact) mass is 710 g/mol. The van der Waals surface area contributed by atoms with Crippen molar-refractivity contribution >= 4 is 43.7 Å². The van der Waals surface area contributed by atoms with Crippen LogP contribution in [0.5, 0.6) is 0 Å². The third-order valence-corrected chi connectivity index (χ3v) is 9.58. The predicted molar refractivity (Wildman–Crippen MR) is 186 cm³/mol. The maximum Gasteiger partial charge on any atom is 0.246 e. The lowest BCUT2D eigenvalue weighted by Crippen LogP contribution is -2.37. The topological polar surface area (TPSA) is 40.6 Å². The molecule has 0 saturated heterocycles. The van der Waals surface area contributed by atoms with E-state index < -0.39 is 0 Å². The highest BCUT2D eigenvalue weighted by Crippen LogP contribution is 2.37. The van der Waals surface area contributed by atoms with E-state index in [1.807, 2.05) is 9.80 Å². The van der Waals surface area contributed by atoms with Gasteiger partial charge in [0, 0.05) is 47.0 Å². The van der Waals surface area contributed by atoms with E-state index in [2.05, 4.69) is 144 Å². The lowest BCUT2D eigenvalue weighted by Gasteiger charge is -2.35. The predicted octanol–water partition coefficient (Wildman–Crippen LogP) is 8.84. The van der Waals surface area contributed by atoms with Crippen LogP contribution in [0.25, 0.3) is 0 Å². The van der Waals surface area contributed by atoms with Crippen LogP contribution in [0.1, 0.15) is 56.3 Å². The molecule has 4 aromatic rings. The van der Waals surface area contributed by atoms with E-state index in [0.717, 1.165) is 8.95 Å². The average Bonchev–Trinajstić information content (AvgIpc) is 3.03. The molecule has 2 aliphatic rings. The Kier molecular flexibility index (Phi) is 10.0. The molecule has 0 spiro atoms. The van der Waals surface area contributed by atoms with Crippen LogP contribution in [-0.2, 0) is 22.7 Å². The molecule has 0 N–H and O–H groups in total. The highest BCUT2D eigenvalue weighted by Gasteiger charge is 2.30. The first-order valence-corrected chi connectivity index (χ1v) is 16.3. The van der Waals surface area contributed by atoms with E-state index in [4.69, 9.17) is 0 Å². The Balaban J connectivity index is 0.000000175. The second-order valence-electron chi connectivity index (χ2n) is 11.4. The van der Waals surface area contributed by atoms with Crippen molar-refractivity contribution in [2.45, 2.75) is 38.8 Å². The Morgan fingerprint density at radius 2 is 1.02 bits per heavy atom. The van der Waals surface area contributed by atoms with Crippen molar-refractivity contribution in [3.63, 3.8) is 0 Å². The summed E-state index contributed by atoms with van der Waals surface area (Å²) in [5.41, 5.74) is 10.1. The second-order valence-corrected chi connectivity index (χ2v) is 13.2. The molecule has 6 rings (SSSR count). The van der Waals surface area contributed by atoms with Crippen molar-refractivity contribution in [3.8, 4) is 0 Å². The number of hydrogen-bond acceptors (Lipinski definition) is 2. The smallest absolute Gasteiger partial charge is 0.246 e. The number of halogens is 2. The van der Waals surface area contributed by atoms with Crippen LogP contribution in [-0.4, -0.2) is 34.7 Å². The van der Waals surface area contributed by atoms with Gasteiger partial charge in [-0.3, -0.25) is 9.59 Å². The standard InChI is InChI=1S/2C19H18BrNO/c2*1-3-19(22)21-11-14-10-15(20)8-9-17(14)18(12-21)16-7-5-4-6-13(16)2/h2*3-10,18H,1,11-12H2,2H3/t2*18-/m10/s1.